The third kappa shape index (κ3) is 2.78. The number of nitrogens with zero attached hydrogens (tertiary/aromatic N) is 1. The molecule has 3 aromatic rings. The zero-order chi connectivity index (χ0) is 13.1. The number of hydrogen-bond acceptors (Lipinski definition) is 3. The van der Waals surface area contributed by atoms with Gasteiger partial charge in [0.05, 0.1) is 12.0 Å². The first kappa shape index (κ1) is 12.2. The van der Waals surface area contributed by atoms with Crippen LogP contribution in [-0.4, -0.2) is 4.98 Å². The van der Waals surface area contributed by atoms with E-state index in [9.17, 15) is 0 Å². The van der Waals surface area contributed by atoms with Crippen LogP contribution in [0.5, 0.6) is 0 Å². The van der Waals surface area contributed by atoms with Crippen molar-refractivity contribution >= 4 is 22.6 Å². The molecule has 0 unspecified atom stereocenters. The summed E-state index contributed by atoms with van der Waals surface area (Å²) in [4.78, 5) is 4.01. The Morgan fingerprint density at radius 1 is 1.11 bits per heavy atom. The molecule has 0 bridgehead atoms. The van der Waals surface area contributed by atoms with E-state index in [1.807, 2.05) is 36.4 Å². The molecule has 96 valence electrons. The van der Waals surface area contributed by atoms with Crippen LogP contribution in [0.2, 0.25) is 5.15 Å². The number of furan rings is 1. The summed E-state index contributed by atoms with van der Waals surface area (Å²) in [5.74, 6) is 0.751. The van der Waals surface area contributed by atoms with Gasteiger partial charge in [-0.2, -0.15) is 0 Å². The number of benzene rings is 1. The first-order valence-electron chi connectivity index (χ1n) is 5.97. The van der Waals surface area contributed by atoms with Crippen LogP contribution < -0.4 is 0 Å². The molecule has 4 heteroatoms. The number of pyridine rings is 1. The number of aromatic nitrogens is 1. The van der Waals surface area contributed by atoms with Crippen LogP contribution in [0, 0.1) is 0 Å². The van der Waals surface area contributed by atoms with Gasteiger partial charge in [0.1, 0.15) is 23.1 Å². The maximum absolute atomic E-state index is 5.99. The Kier molecular flexibility index (Phi) is 3.49. The van der Waals surface area contributed by atoms with Gasteiger partial charge in [-0.3, -0.25) is 0 Å². The lowest BCUT2D eigenvalue weighted by Gasteiger charge is -2.01. The SMILES string of the molecule is Clc1nccc2oc(COCc3ccccc3)cc12. The summed E-state index contributed by atoms with van der Waals surface area (Å²) in [6.07, 6.45) is 1.63. The highest BCUT2D eigenvalue weighted by Crippen LogP contribution is 2.25. The summed E-state index contributed by atoms with van der Waals surface area (Å²) in [7, 11) is 0. The largest absolute Gasteiger partial charge is 0.458 e. The van der Waals surface area contributed by atoms with Crippen molar-refractivity contribution in [3.8, 4) is 0 Å². The smallest absolute Gasteiger partial charge is 0.140 e. The maximum Gasteiger partial charge on any atom is 0.140 e. The predicted octanol–water partition coefficient (Wildman–Crippen LogP) is 4.20. The van der Waals surface area contributed by atoms with E-state index in [2.05, 4.69) is 4.98 Å². The Bertz CT molecular complexity index is 679. The van der Waals surface area contributed by atoms with Gasteiger partial charge < -0.3 is 9.15 Å². The van der Waals surface area contributed by atoms with Crippen molar-refractivity contribution in [1.82, 2.24) is 4.98 Å². The average Bonchev–Trinajstić information content (AvgIpc) is 2.84. The molecule has 0 radical (unpaired) electrons. The van der Waals surface area contributed by atoms with Gasteiger partial charge in [-0.05, 0) is 17.7 Å². The normalized spacial score (nSPS) is 11.0. The van der Waals surface area contributed by atoms with Gasteiger partial charge in [-0.1, -0.05) is 41.9 Å². The van der Waals surface area contributed by atoms with Gasteiger partial charge in [0.15, 0.2) is 0 Å². The molecule has 1 aromatic carbocycles. The summed E-state index contributed by atoms with van der Waals surface area (Å²) in [5, 5.41) is 1.28. The molecule has 0 fully saturated rings. The van der Waals surface area contributed by atoms with Gasteiger partial charge in [-0.15, -0.1) is 0 Å². The van der Waals surface area contributed by atoms with Crippen molar-refractivity contribution in [3.05, 3.63) is 65.1 Å². The fraction of sp³-hybridized carbons (Fsp3) is 0.133. The molecule has 0 aliphatic rings. The van der Waals surface area contributed by atoms with Crippen molar-refractivity contribution < 1.29 is 9.15 Å². The second kappa shape index (κ2) is 5.43. The second-order valence-electron chi connectivity index (χ2n) is 4.20. The minimum atomic E-state index is 0.417. The molecular formula is C15H12ClNO2. The van der Waals surface area contributed by atoms with Crippen LogP contribution in [0.4, 0.5) is 0 Å². The Morgan fingerprint density at radius 2 is 1.95 bits per heavy atom. The number of fused-ring (bicyclic) bond motifs is 1. The Balaban J connectivity index is 1.67. The highest BCUT2D eigenvalue weighted by atomic mass is 35.5. The molecular weight excluding hydrogens is 262 g/mol. The molecule has 0 atom stereocenters. The summed E-state index contributed by atoms with van der Waals surface area (Å²) >= 11 is 5.99. The molecule has 2 aromatic heterocycles. The number of rotatable bonds is 4. The molecule has 3 rings (SSSR count). The van der Waals surface area contributed by atoms with Crippen LogP contribution in [-0.2, 0) is 18.0 Å². The van der Waals surface area contributed by atoms with E-state index in [0.29, 0.717) is 18.4 Å². The molecule has 2 heterocycles. The number of ether oxygens (including phenoxy) is 1. The van der Waals surface area contributed by atoms with Gasteiger partial charge in [0.25, 0.3) is 0 Å². The van der Waals surface area contributed by atoms with Crippen molar-refractivity contribution in [2.45, 2.75) is 13.2 Å². The van der Waals surface area contributed by atoms with Crippen LogP contribution >= 0.6 is 11.6 Å². The van der Waals surface area contributed by atoms with Crippen molar-refractivity contribution in [1.29, 1.82) is 0 Å². The fourth-order valence-electron chi connectivity index (χ4n) is 1.90. The van der Waals surface area contributed by atoms with Gasteiger partial charge in [0.2, 0.25) is 0 Å². The topological polar surface area (TPSA) is 35.3 Å². The van der Waals surface area contributed by atoms with E-state index >= 15 is 0 Å². The first-order chi connectivity index (χ1) is 9.33. The molecule has 19 heavy (non-hydrogen) atoms. The molecule has 0 saturated carbocycles. The van der Waals surface area contributed by atoms with E-state index in [4.69, 9.17) is 20.8 Å². The van der Waals surface area contributed by atoms with Crippen molar-refractivity contribution in [2.75, 3.05) is 0 Å². The third-order valence-corrected chi connectivity index (χ3v) is 3.10. The van der Waals surface area contributed by atoms with Gasteiger partial charge in [-0.25, -0.2) is 4.98 Å². The van der Waals surface area contributed by atoms with Crippen LogP contribution in [0.25, 0.3) is 11.0 Å². The standard InChI is InChI=1S/C15H12ClNO2/c16-15-13-8-12(19-14(13)6-7-17-15)10-18-9-11-4-2-1-3-5-11/h1-8H,9-10H2. The summed E-state index contributed by atoms with van der Waals surface area (Å²) in [6, 6.07) is 13.7. The molecule has 3 nitrogen and oxygen atoms in total. The third-order valence-electron chi connectivity index (χ3n) is 2.80. The zero-order valence-electron chi connectivity index (χ0n) is 10.2. The minimum Gasteiger partial charge on any atom is -0.458 e. The Morgan fingerprint density at radius 3 is 2.74 bits per heavy atom. The van der Waals surface area contributed by atoms with Crippen LogP contribution in [0.1, 0.15) is 11.3 Å². The van der Waals surface area contributed by atoms with E-state index in [0.717, 1.165) is 22.3 Å². The lowest BCUT2D eigenvalue weighted by Crippen LogP contribution is -1.92. The summed E-state index contributed by atoms with van der Waals surface area (Å²) in [6.45, 7) is 0.976. The minimum absolute atomic E-state index is 0.417. The van der Waals surface area contributed by atoms with E-state index in [1.54, 1.807) is 12.3 Å². The van der Waals surface area contributed by atoms with Crippen molar-refractivity contribution in [2.24, 2.45) is 0 Å². The van der Waals surface area contributed by atoms with Crippen molar-refractivity contribution in [3.63, 3.8) is 0 Å². The van der Waals surface area contributed by atoms with Gasteiger partial charge in [0, 0.05) is 6.20 Å². The monoisotopic (exact) mass is 273 g/mol. The molecule has 0 saturated heterocycles. The quantitative estimate of drug-likeness (QED) is 0.668. The second-order valence-corrected chi connectivity index (χ2v) is 4.56. The lowest BCUT2D eigenvalue weighted by atomic mass is 10.2. The zero-order valence-corrected chi connectivity index (χ0v) is 10.9. The van der Waals surface area contributed by atoms with E-state index in [-0.39, 0.29) is 0 Å². The van der Waals surface area contributed by atoms with Gasteiger partial charge >= 0.3 is 0 Å². The molecule has 0 N–H and O–H groups in total. The predicted molar refractivity (Wildman–Crippen MR) is 74.0 cm³/mol. The summed E-state index contributed by atoms with van der Waals surface area (Å²) < 4.78 is 11.3. The molecule has 0 amide bonds. The highest BCUT2D eigenvalue weighted by Gasteiger charge is 2.07. The Labute approximate surface area is 115 Å². The summed E-state index contributed by atoms with van der Waals surface area (Å²) in [5.41, 5.74) is 1.87. The van der Waals surface area contributed by atoms with Crippen LogP contribution in [0.15, 0.2) is 53.1 Å². The molecule has 0 aliphatic heterocycles. The Hall–Kier alpha value is -1.84. The molecule has 0 aliphatic carbocycles. The lowest BCUT2D eigenvalue weighted by molar-refractivity contribution is 0.0941. The average molecular weight is 274 g/mol. The van der Waals surface area contributed by atoms with E-state index < -0.39 is 0 Å². The van der Waals surface area contributed by atoms with Crippen LogP contribution in [0.3, 0.4) is 0 Å². The maximum atomic E-state index is 5.99. The fourth-order valence-corrected chi connectivity index (χ4v) is 2.10. The first-order valence-corrected chi connectivity index (χ1v) is 6.35. The molecule has 0 spiro atoms. The number of hydrogen-bond donors (Lipinski definition) is 0. The number of halogens is 1. The van der Waals surface area contributed by atoms with E-state index in [1.165, 1.54) is 0 Å². The highest BCUT2D eigenvalue weighted by molar-refractivity contribution is 6.34.